The number of thioether (sulfide) groups is 1. The first-order valence-corrected chi connectivity index (χ1v) is 7.92. The fourth-order valence-corrected chi connectivity index (χ4v) is 2.96. The van der Waals surface area contributed by atoms with Crippen LogP contribution in [-0.2, 0) is 16.1 Å². The van der Waals surface area contributed by atoms with E-state index in [1.54, 1.807) is 11.8 Å². The van der Waals surface area contributed by atoms with E-state index in [-0.39, 0.29) is 12.0 Å². The summed E-state index contributed by atoms with van der Waals surface area (Å²) in [5.41, 5.74) is 1.26. The van der Waals surface area contributed by atoms with Gasteiger partial charge < -0.3 is 4.74 Å². The number of hydrogen-bond donors (Lipinski definition) is 0. The maximum atomic E-state index is 11.8. The standard InChI is InChI=1S/C15H21NO2S/c1-18-15(17)14-5-3-4-10-16(14)11-12-6-8-13(19-2)9-7-12/h6-9,14H,3-5,10-11H2,1-2H3. The Labute approximate surface area is 119 Å². The first-order valence-electron chi connectivity index (χ1n) is 6.69. The number of methoxy groups -OCH3 is 1. The SMILES string of the molecule is COC(=O)C1CCCCN1Cc1ccc(SC)cc1. The smallest absolute Gasteiger partial charge is 0.323 e. The molecule has 1 atom stereocenters. The van der Waals surface area contributed by atoms with Gasteiger partial charge in [-0.05, 0) is 43.3 Å². The number of hydrogen-bond acceptors (Lipinski definition) is 4. The molecular weight excluding hydrogens is 258 g/mol. The van der Waals surface area contributed by atoms with E-state index < -0.39 is 0 Å². The van der Waals surface area contributed by atoms with Gasteiger partial charge in [-0.2, -0.15) is 0 Å². The van der Waals surface area contributed by atoms with Gasteiger partial charge in [0.2, 0.25) is 0 Å². The molecule has 19 heavy (non-hydrogen) atoms. The van der Waals surface area contributed by atoms with Gasteiger partial charge in [0.25, 0.3) is 0 Å². The molecule has 0 aromatic heterocycles. The van der Waals surface area contributed by atoms with Crippen molar-refractivity contribution in [1.82, 2.24) is 4.90 Å². The number of rotatable bonds is 4. The van der Waals surface area contributed by atoms with Crippen LogP contribution in [-0.4, -0.2) is 36.8 Å². The first kappa shape index (κ1) is 14.4. The van der Waals surface area contributed by atoms with E-state index in [2.05, 4.69) is 35.4 Å². The molecule has 1 fully saturated rings. The molecule has 0 aliphatic carbocycles. The van der Waals surface area contributed by atoms with Crippen molar-refractivity contribution in [3.63, 3.8) is 0 Å². The van der Waals surface area contributed by atoms with E-state index in [9.17, 15) is 4.79 Å². The van der Waals surface area contributed by atoms with Crippen molar-refractivity contribution in [2.75, 3.05) is 19.9 Å². The van der Waals surface area contributed by atoms with Crippen molar-refractivity contribution in [2.24, 2.45) is 0 Å². The maximum Gasteiger partial charge on any atom is 0.323 e. The molecule has 2 rings (SSSR count). The number of carbonyl (C=O) groups excluding carboxylic acids is 1. The Morgan fingerprint density at radius 2 is 2.11 bits per heavy atom. The number of ether oxygens (including phenoxy) is 1. The predicted octanol–water partition coefficient (Wildman–Crippen LogP) is 2.94. The lowest BCUT2D eigenvalue weighted by Crippen LogP contribution is -2.44. The Hall–Kier alpha value is -1.00. The first-order chi connectivity index (χ1) is 9.24. The summed E-state index contributed by atoms with van der Waals surface area (Å²) in [6.07, 6.45) is 5.26. The van der Waals surface area contributed by atoms with Crippen molar-refractivity contribution in [1.29, 1.82) is 0 Å². The third kappa shape index (κ3) is 3.74. The molecule has 1 unspecified atom stereocenters. The normalized spacial score (nSPS) is 20.2. The van der Waals surface area contributed by atoms with Crippen LogP contribution in [0.4, 0.5) is 0 Å². The maximum absolute atomic E-state index is 11.8. The number of carbonyl (C=O) groups is 1. The molecule has 0 spiro atoms. The highest BCUT2D eigenvalue weighted by Gasteiger charge is 2.29. The van der Waals surface area contributed by atoms with Crippen molar-refractivity contribution >= 4 is 17.7 Å². The monoisotopic (exact) mass is 279 g/mol. The van der Waals surface area contributed by atoms with Crippen LogP contribution in [0.5, 0.6) is 0 Å². The Morgan fingerprint density at radius 3 is 2.74 bits per heavy atom. The zero-order chi connectivity index (χ0) is 13.7. The van der Waals surface area contributed by atoms with Crippen LogP contribution in [0.2, 0.25) is 0 Å². The van der Waals surface area contributed by atoms with E-state index in [1.807, 2.05) is 0 Å². The topological polar surface area (TPSA) is 29.5 Å². The molecule has 1 aromatic rings. The Morgan fingerprint density at radius 1 is 1.37 bits per heavy atom. The Balaban J connectivity index is 2.03. The summed E-state index contributed by atoms with van der Waals surface area (Å²) in [5.74, 6) is -0.0968. The van der Waals surface area contributed by atoms with Gasteiger partial charge in [0, 0.05) is 11.4 Å². The molecule has 1 heterocycles. The average Bonchev–Trinajstić information content (AvgIpc) is 2.48. The fourth-order valence-electron chi connectivity index (χ4n) is 2.55. The van der Waals surface area contributed by atoms with Crippen LogP contribution in [0.3, 0.4) is 0 Å². The number of likely N-dealkylation sites (tertiary alicyclic amines) is 1. The number of nitrogens with zero attached hydrogens (tertiary/aromatic N) is 1. The summed E-state index contributed by atoms with van der Waals surface area (Å²) in [4.78, 5) is 15.3. The lowest BCUT2D eigenvalue weighted by Gasteiger charge is -2.33. The van der Waals surface area contributed by atoms with E-state index in [0.29, 0.717) is 0 Å². The molecule has 1 aliphatic rings. The Kier molecular flexibility index (Phi) is 5.28. The molecule has 1 aromatic carbocycles. The lowest BCUT2D eigenvalue weighted by atomic mass is 10.0. The van der Waals surface area contributed by atoms with Crippen molar-refractivity contribution < 1.29 is 9.53 Å². The summed E-state index contributed by atoms with van der Waals surface area (Å²) in [6, 6.07) is 8.50. The predicted molar refractivity (Wildman–Crippen MR) is 78.3 cm³/mol. The zero-order valence-electron chi connectivity index (χ0n) is 11.6. The van der Waals surface area contributed by atoms with Gasteiger partial charge in [0.1, 0.15) is 6.04 Å². The minimum Gasteiger partial charge on any atom is -0.468 e. The fraction of sp³-hybridized carbons (Fsp3) is 0.533. The van der Waals surface area contributed by atoms with Gasteiger partial charge in [-0.15, -0.1) is 11.8 Å². The highest BCUT2D eigenvalue weighted by Crippen LogP contribution is 2.22. The van der Waals surface area contributed by atoms with Gasteiger partial charge in [0.15, 0.2) is 0 Å². The zero-order valence-corrected chi connectivity index (χ0v) is 12.4. The summed E-state index contributed by atoms with van der Waals surface area (Å²) < 4.78 is 4.91. The molecule has 1 aliphatic heterocycles. The van der Waals surface area contributed by atoms with E-state index in [4.69, 9.17) is 4.74 Å². The van der Waals surface area contributed by atoms with Crippen LogP contribution < -0.4 is 0 Å². The minimum atomic E-state index is -0.0968. The molecule has 104 valence electrons. The highest BCUT2D eigenvalue weighted by molar-refractivity contribution is 7.98. The number of piperidine rings is 1. The summed E-state index contributed by atoms with van der Waals surface area (Å²) in [6.45, 7) is 1.80. The van der Waals surface area contributed by atoms with Crippen molar-refractivity contribution in [2.45, 2.75) is 36.7 Å². The molecule has 4 heteroatoms. The minimum absolute atomic E-state index is 0.0704. The van der Waals surface area contributed by atoms with E-state index in [1.165, 1.54) is 17.6 Å². The van der Waals surface area contributed by atoms with Crippen LogP contribution in [0.1, 0.15) is 24.8 Å². The number of esters is 1. The quantitative estimate of drug-likeness (QED) is 0.626. The van der Waals surface area contributed by atoms with Gasteiger partial charge in [-0.25, -0.2) is 0 Å². The number of benzene rings is 1. The van der Waals surface area contributed by atoms with Gasteiger partial charge in [0.05, 0.1) is 7.11 Å². The van der Waals surface area contributed by atoms with Crippen molar-refractivity contribution in [3.8, 4) is 0 Å². The third-order valence-corrected chi connectivity index (χ3v) is 4.38. The summed E-state index contributed by atoms with van der Waals surface area (Å²) >= 11 is 1.74. The molecule has 0 N–H and O–H groups in total. The average molecular weight is 279 g/mol. The van der Waals surface area contributed by atoms with E-state index in [0.717, 1.165) is 32.4 Å². The Bertz CT molecular complexity index is 419. The third-order valence-electron chi connectivity index (χ3n) is 3.63. The molecule has 0 amide bonds. The second kappa shape index (κ2) is 6.96. The molecule has 1 saturated heterocycles. The summed E-state index contributed by atoms with van der Waals surface area (Å²) in [7, 11) is 1.47. The molecule has 0 bridgehead atoms. The largest absolute Gasteiger partial charge is 0.468 e. The van der Waals surface area contributed by atoms with Crippen LogP contribution in [0.15, 0.2) is 29.2 Å². The van der Waals surface area contributed by atoms with Crippen LogP contribution in [0.25, 0.3) is 0 Å². The van der Waals surface area contributed by atoms with E-state index >= 15 is 0 Å². The summed E-state index contributed by atoms with van der Waals surface area (Å²) in [5, 5.41) is 0. The van der Waals surface area contributed by atoms with Gasteiger partial charge in [-0.1, -0.05) is 18.6 Å². The second-order valence-corrected chi connectivity index (χ2v) is 5.73. The second-order valence-electron chi connectivity index (χ2n) is 4.85. The highest BCUT2D eigenvalue weighted by atomic mass is 32.2. The molecule has 3 nitrogen and oxygen atoms in total. The molecule has 0 saturated carbocycles. The lowest BCUT2D eigenvalue weighted by molar-refractivity contribution is -0.148. The van der Waals surface area contributed by atoms with Gasteiger partial charge in [-0.3, -0.25) is 9.69 Å². The molecular formula is C15H21NO2S. The van der Waals surface area contributed by atoms with Crippen LogP contribution in [0, 0.1) is 0 Å². The van der Waals surface area contributed by atoms with Crippen LogP contribution >= 0.6 is 11.8 Å². The molecule has 0 radical (unpaired) electrons. The van der Waals surface area contributed by atoms with Gasteiger partial charge >= 0.3 is 5.97 Å². The van der Waals surface area contributed by atoms with Crippen molar-refractivity contribution in [3.05, 3.63) is 29.8 Å².